The second-order valence-corrected chi connectivity index (χ2v) is 11.7. The molecule has 3 aliphatic rings. The van der Waals surface area contributed by atoms with Crippen LogP contribution >= 0.6 is 0 Å². The summed E-state index contributed by atoms with van der Waals surface area (Å²) in [6.07, 6.45) is 10.6. The summed E-state index contributed by atoms with van der Waals surface area (Å²) in [6.45, 7) is 5.99. The van der Waals surface area contributed by atoms with E-state index in [4.69, 9.17) is 10.7 Å². The fraction of sp³-hybridized carbons (Fsp3) is 0.536. The number of likely N-dealkylation sites (tertiary alicyclic amines) is 1. The molecule has 3 aromatic heterocycles. The Hall–Kier alpha value is -3.31. The van der Waals surface area contributed by atoms with Gasteiger partial charge in [0.25, 0.3) is 5.91 Å². The molecule has 2 atom stereocenters. The molecular formula is C28H37BN8O2. The van der Waals surface area contributed by atoms with Crippen LogP contribution in [-0.4, -0.2) is 73.9 Å². The summed E-state index contributed by atoms with van der Waals surface area (Å²) in [4.78, 5) is 42.0. The highest BCUT2D eigenvalue weighted by Crippen LogP contribution is 2.35. The molecule has 0 bridgehead atoms. The van der Waals surface area contributed by atoms with Crippen molar-refractivity contribution in [3.8, 4) is 0 Å². The Morgan fingerprint density at radius 3 is 2.69 bits per heavy atom. The lowest BCUT2D eigenvalue weighted by Crippen LogP contribution is -2.54. The van der Waals surface area contributed by atoms with Gasteiger partial charge in [0.1, 0.15) is 17.1 Å². The van der Waals surface area contributed by atoms with E-state index in [1.54, 1.807) is 24.5 Å². The first-order valence-electron chi connectivity index (χ1n) is 14.3. The molecular weight excluding hydrogens is 491 g/mol. The summed E-state index contributed by atoms with van der Waals surface area (Å²) in [7, 11) is 0. The van der Waals surface area contributed by atoms with Gasteiger partial charge in [-0.2, -0.15) is 4.98 Å². The predicted molar refractivity (Wildman–Crippen MR) is 153 cm³/mol. The summed E-state index contributed by atoms with van der Waals surface area (Å²) in [5.41, 5.74) is 8.56. The molecule has 2 aliphatic heterocycles. The number of aromatic nitrogens is 4. The number of carbonyl (C=O) groups excluding carboxylic acids is 2. The third-order valence-electron chi connectivity index (χ3n) is 8.73. The summed E-state index contributed by atoms with van der Waals surface area (Å²) in [5, 5.41) is 7.53. The molecule has 1 amide bonds. The average Bonchev–Trinajstić information content (AvgIpc) is 3.64. The predicted octanol–water partition coefficient (Wildman–Crippen LogP) is 3.46. The first-order chi connectivity index (χ1) is 18.8. The molecule has 0 radical (unpaired) electrons. The number of rotatable bonds is 6. The lowest BCUT2D eigenvalue weighted by atomic mass is 9.50. The topological polar surface area (TPSA) is 131 Å². The normalized spacial score (nSPS) is 23.6. The molecule has 6 rings (SSSR count). The molecule has 4 N–H and O–H groups in total. The Labute approximate surface area is 229 Å². The van der Waals surface area contributed by atoms with Crippen LogP contribution in [0.2, 0.25) is 13.6 Å². The van der Waals surface area contributed by atoms with Crippen LogP contribution in [-0.2, 0) is 0 Å². The molecule has 39 heavy (non-hydrogen) atoms. The molecule has 3 aromatic rings. The highest BCUT2D eigenvalue weighted by molar-refractivity contribution is 6.90. The minimum Gasteiger partial charge on any atom is -0.337 e. The summed E-state index contributed by atoms with van der Waals surface area (Å²) in [6, 6.07) is 5.90. The Morgan fingerprint density at radius 1 is 1.13 bits per heavy atom. The van der Waals surface area contributed by atoms with E-state index in [1.807, 2.05) is 24.6 Å². The van der Waals surface area contributed by atoms with E-state index >= 15 is 0 Å². The SMILES string of the molecule is CB(C)C(=O)c1cc2cnc(Nc3ccc(C(=O)N4CCCC5(N)CCN[C@@H]5C4)cn3)nc2n1C1CCCC1. The van der Waals surface area contributed by atoms with E-state index in [-0.39, 0.29) is 35.9 Å². The van der Waals surface area contributed by atoms with Crippen molar-refractivity contribution >= 4 is 41.1 Å². The van der Waals surface area contributed by atoms with Gasteiger partial charge in [0.15, 0.2) is 0 Å². The van der Waals surface area contributed by atoms with Crippen molar-refractivity contribution in [3.05, 3.63) is 41.9 Å². The number of nitrogens with one attached hydrogen (secondary N) is 2. The fourth-order valence-corrected chi connectivity index (χ4v) is 6.47. The molecule has 5 heterocycles. The molecule has 0 aromatic carbocycles. The van der Waals surface area contributed by atoms with Crippen molar-refractivity contribution in [1.82, 2.24) is 29.7 Å². The zero-order valence-electron chi connectivity index (χ0n) is 22.8. The fourth-order valence-electron chi connectivity index (χ4n) is 6.47. The van der Waals surface area contributed by atoms with Crippen molar-refractivity contribution in [2.24, 2.45) is 5.73 Å². The molecule has 0 spiro atoms. The second-order valence-electron chi connectivity index (χ2n) is 11.7. The van der Waals surface area contributed by atoms with Gasteiger partial charge in [-0.1, -0.05) is 26.5 Å². The highest BCUT2D eigenvalue weighted by Gasteiger charge is 2.42. The van der Waals surface area contributed by atoms with Crippen LogP contribution in [0.1, 0.15) is 71.8 Å². The third kappa shape index (κ3) is 4.93. The molecule has 1 unspecified atom stereocenters. The molecule has 1 aliphatic carbocycles. The monoisotopic (exact) mass is 528 g/mol. The number of pyridine rings is 1. The van der Waals surface area contributed by atoms with Gasteiger partial charge in [-0.15, -0.1) is 0 Å². The maximum absolute atomic E-state index is 13.3. The Morgan fingerprint density at radius 2 is 1.95 bits per heavy atom. The number of nitrogens with two attached hydrogens (primary N) is 1. The smallest absolute Gasteiger partial charge is 0.255 e. The number of anilines is 2. The lowest BCUT2D eigenvalue weighted by molar-refractivity contribution is 0.0748. The van der Waals surface area contributed by atoms with Crippen LogP contribution in [0.4, 0.5) is 11.8 Å². The molecule has 1 saturated carbocycles. The van der Waals surface area contributed by atoms with Gasteiger partial charge < -0.3 is 30.6 Å². The minimum absolute atomic E-state index is 0.0265. The number of amides is 1. The van der Waals surface area contributed by atoms with E-state index < -0.39 is 0 Å². The second kappa shape index (κ2) is 10.3. The standard InChI is InChI=1S/C28H37BN8O2/c1-29(2)24(38)21-14-19-16-33-27(35-25(19)37(21)20-6-3-4-7-20)34-23-9-8-18(15-32-23)26(39)36-13-5-10-28(30)11-12-31-22(28)17-36/h8-9,14-16,20,22,31H,3-7,10-13,17,30H2,1-2H3,(H,32,33,34,35)/t22-,28?/m1/s1. The van der Waals surface area contributed by atoms with Crippen LogP contribution in [0.15, 0.2) is 30.6 Å². The van der Waals surface area contributed by atoms with Gasteiger partial charge in [0.2, 0.25) is 12.7 Å². The van der Waals surface area contributed by atoms with Crippen LogP contribution in [0.25, 0.3) is 11.0 Å². The molecule has 10 nitrogen and oxygen atoms in total. The van der Waals surface area contributed by atoms with Gasteiger partial charge >= 0.3 is 0 Å². The van der Waals surface area contributed by atoms with Crippen molar-refractivity contribution in [2.45, 2.75) is 76.2 Å². The quantitative estimate of drug-likeness (QED) is 0.415. The number of fused-ring (bicyclic) bond motifs is 2. The largest absolute Gasteiger partial charge is 0.337 e. The zero-order chi connectivity index (χ0) is 27.1. The molecule has 11 heteroatoms. The highest BCUT2D eigenvalue weighted by atomic mass is 16.2. The molecule has 2 saturated heterocycles. The lowest BCUT2D eigenvalue weighted by Gasteiger charge is -2.30. The summed E-state index contributed by atoms with van der Waals surface area (Å²) >= 11 is 0. The minimum atomic E-state index is -0.220. The first kappa shape index (κ1) is 25.9. The van der Waals surface area contributed by atoms with Gasteiger partial charge in [0, 0.05) is 48.5 Å². The Kier molecular flexibility index (Phi) is 6.88. The molecule has 204 valence electrons. The van der Waals surface area contributed by atoms with Crippen LogP contribution < -0.4 is 16.4 Å². The van der Waals surface area contributed by atoms with Crippen LogP contribution in [0.5, 0.6) is 0 Å². The van der Waals surface area contributed by atoms with Gasteiger partial charge in [0.05, 0.1) is 11.3 Å². The van der Waals surface area contributed by atoms with Crippen molar-refractivity contribution in [2.75, 3.05) is 25.0 Å². The maximum atomic E-state index is 13.3. The Balaban J connectivity index is 1.21. The van der Waals surface area contributed by atoms with Crippen molar-refractivity contribution in [3.63, 3.8) is 0 Å². The van der Waals surface area contributed by atoms with Gasteiger partial charge in [-0.3, -0.25) is 4.79 Å². The van der Waals surface area contributed by atoms with E-state index in [2.05, 4.69) is 25.2 Å². The van der Waals surface area contributed by atoms with Gasteiger partial charge in [-0.25, -0.2) is 9.97 Å². The maximum Gasteiger partial charge on any atom is 0.255 e. The summed E-state index contributed by atoms with van der Waals surface area (Å²) < 4.78 is 2.13. The Bertz CT molecular complexity index is 1380. The number of nitrogens with zero attached hydrogens (tertiary/aromatic N) is 5. The van der Waals surface area contributed by atoms with Crippen molar-refractivity contribution < 1.29 is 9.59 Å². The van der Waals surface area contributed by atoms with Crippen LogP contribution in [0, 0.1) is 0 Å². The number of carbonyl (C=O) groups is 2. The third-order valence-corrected chi connectivity index (χ3v) is 8.73. The molecule has 3 fully saturated rings. The average molecular weight is 528 g/mol. The number of hydrogen-bond donors (Lipinski definition) is 3. The number of hydrogen-bond acceptors (Lipinski definition) is 8. The van der Waals surface area contributed by atoms with Crippen LogP contribution in [0.3, 0.4) is 0 Å². The van der Waals surface area contributed by atoms with E-state index in [0.717, 1.165) is 62.5 Å². The summed E-state index contributed by atoms with van der Waals surface area (Å²) in [5.74, 6) is 0.938. The van der Waals surface area contributed by atoms with E-state index in [0.29, 0.717) is 36.1 Å². The van der Waals surface area contributed by atoms with E-state index in [9.17, 15) is 9.59 Å². The first-order valence-corrected chi connectivity index (χ1v) is 14.3. The zero-order valence-corrected chi connectivity index (χ0v) is 22.8. The van der Waals surface area contributed by atoms with Crippen molar-refractivity contribution in [1.29, 1.82) is 0 Å². The van der Waals surface area contributed by atoms with E-state index in [1.165, 1.54) is 0 Å². The van der Waals surface area contributed by atoms with Gasteiger partial charge in [-0.05, 0) is 56.8 Å².